The molecule has 2 rings (SSSR count). The summed E-state index contributed by atoms with van der Waals surface area (Å²) in [6, 6.07) is 9.42. The molecule has 0 spiro atoms. The number of hydrogen-bond donors (Lipinski definition) is 2. The maximum absolute atomic E-state index is 11.5. The molecule has 1 aliphatic rings. The largest absolute Gasteiger partial charge is 0.353 e. The van der Waals surface area contributed by atoms with Crippen molar-refractivity contribution in [2.45, 2.75) is 50.2 Å². The molecule has 1 aliphatic carbocycles. The zero-order chi connectivity index (χ0) is 13.7. The van der Waals surface area contributed by atoms with E-state index < -0.39 is 0 Å². The Kier molecular flexibility index (Phi) is 5.28. The van der Waals surface area contributed by atoms with Gasteiger partial charge in [0.2, 0.25) is 5.91 Å². The highest BCUT2D eigenvalue weighted by Gasteiger charge is 2.19. The predicted molar refractivity (Wildman–Crippen MR) is 80.3 cm³/mol. The van der Waals surface area contributed by atoms with Crippen molar-refractivity contribution in [3.05, 3.63) is 29.8 Å². The lowest BCUT2D eigenvalue weighted by atomic mass is 10.2. The van der Waals surface area contributed by atoms with Gasteiger partial charge in [-0.25, -0.2) is 0 Å². The Labute approximate surface area is 119 Å². The van der Waals surface area contributed by atoms with Crippen LogP contribution in [0.25, 0.3) is 0 Å². The number of benzene rings is 1. The van der Waals surface area contributed by atoms with Crippen LogP contribution in [0.5, 0.6) is 0 Å². The summed E-state index contributed by atoms with van der Waals surface area (Å²) in [6.07, 6.45) is 2.64. The van der Waals surface area contributed by atoms with Crippen LogP contribution in [0.3, 0.4) is 0 Å². The average molecular weight is 278 g/mol. The van der Waals surface area contributed by atoms with Crippen molar-refractivity contribution in [1.82, 2.24) is 10.6 Å². The number of amides is 1. The number of carbonyl (C=O) groups is 1. The molecule has 0 heterocycles. The molecule has 0 aliphatic heterocycles. The SMILES string of the molecule is CC(C)NC(=O)CSc1ccc(CNC2CC2)cc1. The van der Waals surface area contributed by atoms with E-state index in [0.717, 1.165) is 17.5 Å². The molecule has 0 radical (unpaired) electrons. The Morgan fingerprint density at radius 2 is 2.00 bits per heavy atom. The summed E-state index contributed by atoms with van der Waals surface area (Å²) in [5, 5.41) is 6.39. The van der Waals surface area contributed by atoms with Gasteiger partial charge in [0.05, 0.1) is 5.75 Å². The number of thioether (sulfide) groups is 1. The van der Waals surface area contributed by atoms with Gasteiger partial charge in [0.25, 0.3) is 0 Å². The molecular weight excluding hydrogens is 256 g/mol. The summed E-state index contributed by atoms with van der Waals surface area (Å²) < 4.78 is 0. The molecule has 3 nitrogen and oxygen atoms in total. The summed E-state index contributed by atoms with van der Waals surface area (Å²) in [7, 11) is 0. The average Bonchev–Trinajstić information content (AvgIpc) is 3.18. The molecule has 1 saturated carbocycles. The van der Waals surface area contributed by atoms with Crippen LogP contribution in [-0.4, -0.2) is 23.7 Å². The third-order valence-electron chi connectivity index (χ3n) is 2.92. The molecule has 1 fully saturated rings. The van der Waals surface area contributed by atoms with E-state index in [9.17, 15) is 4.79 Å². The molecule has 0 saturated heterocycles. The molecule has 4 heteroatoms. The van der Waals surface area contributed by atoms with E-state index in [1.807, 2.05) is 13.8 Å². The second kappa shape index (κ2) is 6.96. The van der Waals surface area contributed by atoms with Gasteiger partial charge in [0.1, 0.15) is 0 Å². The second-order valence-electron chi connectivity index (χ2n) is 5.31. The Hall–Kier alpha value is -1.00. The zero-order valence-corrected chi connectivity index (χ0v) is 12.4. The number of rotatable bonds is 7. The number of nitrogens with one attached hydrogen (secondary N) is 2. The highest BCUT2D eigenvalue weighted by Crippen LogP contribution is 2.21. The molecule has 1 aromatic rings. The van der Waals surface area contributed by atoms with Crippen molar-refractivity contribution in [3.63, 3.8) is 0 Å². The molecule has 0 unspecified atom stereocenters. The van der Waals surface area contributed by atoms with E-state index in [2.05, 4.69) is 34.9 Å². The van der Waals surface area contributed by atoms with Crippen LogP contribution in [0.1, 0.15) is 32.3 Å². The van der Waals surface area contributed by atoms with E-state index in [0.29, 0.717) is 5.75 Å². The molecule has 0 aromatic heterocycles. The van der Waals surface area contributed by atoms with Gasteiger partial charge in [0, 0.05) is 23.5 Å². The molecule has 2 N–H and O–H groups in total. The molecule has 0 bridgehead atoms. The smallest absolute Gasteiger partial charge is 0.230 e. The van der Waals surface area contributed by atoms with E-state index in [-0.39, 0.29) is 11.9 Å². The van der Waals surface area contributed by atoms with E-state index in [4.69, 9.17) is 0 Å². The first kappa shape index (κ1) is 14.4. The fourth-order valence-electron chi connectivity index (χ4n) is 1.77. The molecule has 1 aromatic carbocycles. The van der Waals surface area contributed by atoms with Crippen LogP contribution in [0, 0.1) is 0 Å². The number of carbonyl (C=O) groups excluding carboxylic acids is 1. The zero-order valence-electron chi connectivity index (χ0n) is 11.6. The van der Waals surface area contributed by atoms with Crippen LogP contribution in [0.4, 0.5) is 0 Å². The lowest BCUT2D eigenvalue weighted by molar-refractivity contribution is -0.119. The summed E-state index contributed by atoms with van der Waals surface area (Å²) in [6.45, 7) is 4.90. The van der Waals surface area contributed by atoms with Crippen molar-refractivity contribution in [2.75, 3.05) is 5.75 Å². The summed E-state index contributed by atoms with van der Waals surface area (Å²) in [5.74, 6) is 0.581. The minimum absolute atomic E-state index is 0.0967. The molecule has 0 atom stereocenters. The Morgan fingerprint density at radius 3 is 2.58 bits per heavy atom. The Bertz CT molecular complexity index is 413. The van der Waals surface area contributed by atoms with Gasteiger partial charge in [-0.3, -0.25) is 4.79 Å². The summed E-state index contributed by atoms with van der Waals surface area (Å²) in [5.41, 5.74) is 1.31. The van der Waals surface area contributed by atoms with E-state index in [1.165, 1.54) is 18.4 Å². The highest BCUT2D eigenvalue weighted by atomic mass is 32.2. The first-order valence-corrected chi connectivity index (χ1v) is 7.86. The minimum Gasteiger partial charge on any atom is -0.353 e. The predicted octanol–water partition coefficient (Wildman–Crippen LogP) is 2.56. The summed E-state index contributed by atoms with van der Waals surface area (Å²) >= 11 is 1.58. The van der Waals surface area contributed by atoms with Crippen molar-refractivity contribution in [1.29, 1.82) is 0 Å². The fraction of sp³-hybridized carbons (Fsp3) is 0.533. The van der Waals surface area contributed by atoms with Crippen LogP contribution in [0.2, 0.25) is 0 Å². The van der Waals surface area contributed by atoms with Gasteiger partial charge in [-0.15, -0.1) is 11.8 Å². The maximum Gasteiger partial charge on any atom is 0.230 e. The van der Waals surface area contributed by atoms with Gasteiger partial charge >= 0.3 is 0 Å². The first-order chi connectivity index (χ1) is 9.13. The maximum atomic E-state index is 11.5. The second-order valence-corrected chi connectivity index (χ2v) is 6.36. The van der Waals surface area contributed by atoms with Gasteiger partial charge in [-0.1, -0.05) is 12.1 Å². The van der Waals surface area contributed by atoms with Gasteiger partial charge in [-0.05, 0) is 44.4 Å². The van der Waals surface area contributed by atoms with Crippen LogP contribution < -0.4 is 10.6 Å². The number of hydrogen-bond acceptors (Lipinski definition) is 3. The Morgan fingerprint density at radius 1 is 1.32 bits per heavy atom. The normalized spacial score (nSPS) is 14.7. The fourth-order valence-corrected chi connectivity index (χ4v) is 2.48. The lowest BCUT2D eigenvalue weighted by Gasteiger charge is -2.08. The van der Waals surface area contributed by atoms with E-state index in [1.54, 1.807) is 11.8 Å². The molecular formula is C15H22N2OS. The lowest BCUT2D eigenvalue weighted by Crippen LogP contribution is -2.31. The third kappa shape index (κ3) is 5.66. The van der Waals surface area contributed by atoms with Crippen LogP contribution in [0.15, 0.2) is 29.2 Å². The monoisotopic (exact) mass is 278 g/mol. The standard InChI is InChI=1S/C15H22N2OS/c1-11(2)17-15(18)10-19-14-7-3-12(4-8-14)9-16-13-5-6-13/h3-4,7-8,11,13,16H,5-6,9-10H2,1-2H3,(H,17,18). The van der Waals surface area contributed by atoms with Crippen molar-refractivity contribution in [2.24, 2.45) is 0 Å². The quantitative estimate of drug-likeness (QED) is 0.753. The van der Waals surface area contributed by atoms with Crippen molar-refractivity contribution >= 4 is 17.7 Å². The van der Waals surface area contributed by atoms with Crippen molar-refractivity contribution in [3.8, 4) is 0 Å². The Balaban J connectivity index is 1.72. The molecule has 104 valence electrons. The molecule has 19 heavy (non-hydrogen) atoms. The minimum atomic E-state index is 0.0967. The highest BCUT2D eigenvalue weighted by molar-refractivity contribution is 8.00. The van der Waals surface area contributed by atoms with Gasteiger partial charge in [-0.2, -0.15) is 0 Å². The topological polar surface area (TPSA) is 41.1 Å². The van der Waals surface area contributed by atoms with Gasteiger partial charge in [0.15, 0.2) is 0 Å². The first-order valence-electron chi connectivity index (χ1n) is 6.88. The third-order valence-corrected chi connectivity index (χ3v) is 3.93. The summed E-state index contributed by atoms with van der Waals surface area (Å²) in [4.78, 5) is 12.7. The molecule has 1 amide bonds. The van der Waals surface area contributed by atoms with Crippen LogP contribution >= 0.6 is 11.8 Å². The van der Waals surface area contributed by atoms with Crippen LogP contribution in [-0.2, 0) is 11.3 Å². The van der Waals surface area contributed by atoms with Gasteiger partial charge < -0.3 is 10.6 Å². The van der Waals surface area contributed by atoms with Crippen molar-refractivity contribution < 1.29 is 4.79 Å². The van der Waals surface area contributed by atoms with E-state index >= 15 is 0 Å².